The van der Waals surface area contributed by atoms with Crippen LogP contribution in [0.2, 0.25) is 0 Å². The van der Waals surface area contributed by atoms with Gasteiger partial charge in [0.2, 0.25) is 0 Å². The topological polar surface area (TPSA) is 32.8 Å². The summed E-state index contributed by atoms with van der Waals surface area (Å²) in [6, 6.07) is 7.55. The van der Waals surface area contributed by atoms with Crippen LogP contribution in [0.3, 0.4) is 0 Å². The maximum absolute atomic E-state index is 12.4. The standard InChI is InChI=1S/C15H21BrN2O2/c1-12(20-14-6-4-13(16)5-7-14)15(19)18-9-3-8-17(2)10-11-18/h4-7,12H,3,8-11H2,1-2H3. The highest BCUT2D eigenvalue weighted by Crippen LogP contribution is 2.18. The quantitative estimate of drug-likeness (QED) is 0.846. The monoisotopic (exact) mass is 340 g/mol. The number of rotatable bonds is 3. The Hall–Kier alpha value is -1.07. The first-order valence-electron chi connectivity index (χ1n) is 6.96. The molecule has 0 spiro atoms. The Balaban J connectivity index is 1.92. The Bertz CT molecular complexity index is 450. The van der Waals surface area contributed by atoms with Gasteiger partial charge in [-0.3, -0.25) is 4.79 Å². The van der Waals surface area contributed by atoms with Crippen molar-refractivity contribution in [3.05, 3.63) is 28.7 Å². The highest BCUT2D eigenvalue weighted by molar-refractivity contribution is 9.10. The summed E-state index contributed by atoms with van der Waals surface area (Å²) in [5.41, 5.74) is 0. The molecule has 1 saturated heterocycles. The van der Waals surface area contributed by atoms with E-state index in [9.17, 15) is 4.79 Å². The Morgan fingerprint density at radius 2 is 1.90 bits per heavy atom. The number of hydrogen-bond donors (Lipinski definition) is 0. The van der Waals surface area contributed by atoms with Crippen molar-refractivity contribution in [3.63, 3.8) is 0 Å². The Kier molecular flexibility index (Phi) is 5.43. The van der Waals surface area contributed by atoms with E-state index >= 15 is 0 Å². The van der Waals surface area contributed by atoms with Gasteiger partial charge in [0, 0.05) is 24.1 Å². The van der Waals surface area contributed by atoms with Crippen molar-refractivity contribution >= 4 is 21.8 Å². The first-order chi connectivity index (χ1) is 9.56. The zero-order valence-electron chi connectivity index (χ0n) is 12.0. The fraction of sp³-hybridized carbons (Fsp3) is 0.533. The number of nitrogens with zero attached hydrogens (tertiary/aromatic N) is 2. The van der Waals surface area contributed by atoms with Crippen LogP contribution in [0.5, 0.6) is 5.75 Å². The maximum atomic E-state index is 12.4. The van der Waals surface area contributed by atoms with E-state index in [1.54, 1.807) is 0 Å². The van der Waals surface area contributed by atoms with Gasteiger partial charge in [-0.05, 0) is 51.2 Å². The van der Waals surface area contributed by atoms with Gasteiger partial charge in [-0.25, -0.2) is 0 Å². The molecule has 20 heavy (non-hydrogen) atoms. The summed E-state index contributed by atoms with van der Waals surface area (Å²) in [5, 5.41) is 0. The average Bonchev–Trinajstić information content (AvgIpc) is 2.65. The van der Waals surface area contributed by atoms with E-state index in [0.717, 1.165) is 42.8 Å². The summed E-state index contributed by atoms with van der Waals surface area (Å²) in [4.78, 5) is 16.6. The zero-order valence-corrected chi connectivity index (χ0v) is 13.6. The molecule has 1 heterocycles. The van der Waals surface area contributed by atoms with Crippen molar-refractivity contribution in [1.82, 2.24) is 9.80 Å². The number of carbonyl (C=O) groups excluding carboxylic acids is 1. The molecule has 1 atom stereocenters. The van der Waals surface area contributed by atoms with Crippen molar-refractivity contribution in [2.24, 2.45) is 0 Å². The number of carbonyl (C=O) groups is 1. The molecule has 1 aliphatic heterocycles. The zero-order chi connectivity index (χ0) is 14.5. The van der Waals surface area contributed by atoms with Crippen LogP contribution < -0.4 is 4.74 Å². The molecule has 1 aromatic rings. The first-order valence-corrected chi connectivity index (χ1v) is 7.75. The van der Waals surface area contributed by atoms with Crippen molar-refractivity contribution in [3.8, 4) is 5.75 Å². The number of amides is 1. The number of likely N-dealkylation sites (N-methyl/N-ethyl adjacent to an activating group) is 1. The minimum Gasteiger partial charge on any atom is -0.481 e. The second-order valence-corrected chi connectivity index (χ2v) is 6.11. The van der Waals surface area contributed by atoms with Crippen LogP contribution in [0, 0.1) is 0 Å². The normalized spacial score (nSPS) is 18.4. The lowest BCUT2D eigenvalue weighted by Crippen LogP contribution is -2.42. The van der Waals surface area contributed by atoms with Crippen molar-refractivity contribution in [2.45, 2.75) is 19.4 Å². The second-order valence-electron chi connectivity index (χ2n) is 5.20. The summed E-state index contributed by atoms with van der Waals surface area (Å²) in [7, 11) is 2.09. The van der Waals surface area contributed by atoms with Crippen molar-refractivity contribution in [1.29, 1.82) is 0 Å². The third kappa shape index (κ3) is 4.21. The largest absolute Gasteiger partial charge is 0.481 e. The summed E-state index contributed by atoms with van der Waals surface area (Å²) in [6.07, 6.45) is 0.576. The number of ether oxygens (including phenoxy) is 1. The molecule has 1 unspecified atom stereocenters. The Morgan fingerprint density at radius 1 is 1.20 bits per heavy atom. The molecular weight excluding hydrogens is 320 g/mol. The predicted molar refractivity (Wildman–Crippen MR) is 82.9 cm³/mol. The third-order valence-electron chi connectivity index (χ3n) is 3.51. The van der Waals surface area contributed by atoms with E-state index in [-0.39, 0.29) is 5.91 Å². The van der Waals surface area contributed by atoms with E-state index in [1.807, 2.05) is 36.1 Å². The predicted octanol–water partition coefficient (Wildman–Crippen LogP) is 2.38. The molecule has 0 saturated carbocycles. The van der Waals surface area contributed by atoms with Crippen LogP contribution >= 0.6 is 15.9 Å². The molecule has 110 valence electrons. The molecule has 1 fully saturated rings. The van der Waals surface area contributed by atoms with Gasteiger partial charge in [-0.2, -0.15) is 0 Å². The Morgan fingerprint density at radius 3 is 2.60 bits per heavy atom. The number of halogens is 1. The van der Waals surface area contributed by atoms with E-state index in [2.05, 4.69) is 27.9 Å². The maximum Gasteiger partial charge on any atom is 0.263 e. The molecule has 0 radical (unpaired) electrons. The highest BCUT2D eigenvalue weighted by atomic mass is 79.9. The van der Waals surface area contributed by atoms with Crippen LogP contribution in [0.4, 0.5) is 0 Å². The summed E-state index contributed by atoms with van der Waals surface area (Å²) < 4.78 is 6.73. The SMILES string of the molecule is CC(Oc1ccc(Br)cc1)C(=O)N1CCCN(C)CC1. The van der Waals surface area contributed by atoms with Crippen LogP contribution in [-0.4, -0.2) is 55.0 Å². The molecule has 0 N–H and O–H groups in total. The van der Waals surface area contributed by atoms with Gasteiger partial charge >= 0.3 is 0 Å². The molecule has 4 nitrogen and oxygen atoms in total. The van der Waals surface area contributed by atoms with Crippen LogP contribution in [0.25, 0.3) is 0 Å². The molecule has 2 rings (SSSR count). The van der Waals surface area contributed by atoms with Gasteiger partial charge < -0.3 is 14.5 Å². The van der Waals surface area contributed by atoms with E-state index in [0.29, 0.717) is 0 Å². The third-order valence-corrected chi connectivity index (χ3v) is 4.03. The molecule has 1 aliphatic rings. The molecule has 1 aromatic carbocycles. The van der Waals surface area contributed by atoms with Gasteiger partial charge in [0.25, 0.3) is 5.91 Å². The van der Waals surface area contributed by atoms with Gasteiger partial charge in [0.15, 0.2) is 6.10 Å². The van der Waals surface area contributed by atoms with Gasteiger partial charge in [0.05, 0.1) is 0 Å². The fourth-order valence-electron chi connectivity index (χ4n) is 2.29. The highest BCUT2D eigenvalue weighted by Gasteiger charge is 2.23. The van der Waals surface area contributed by atoms with Crippen molar-refractivity contribution < 1.29 is 9.53 Å². The lowest BCUT2D eigenvalue weighted by molar-refractivity contribution is -0.137. The molecule has 0 aromatic heterocycles. The molecule has 5 heteroatoms. The first kappa shape index (κ1) is 15.3. The van der Waals surface area contributed by atoms with Gasteiger partial charge in [-0.1, -0.05) is 15.9 Å². The van der Waals surface area contributed by atoms with Crippen molar-refractivity contribution in [2.75, 3.05) is 33.2 Å². The molecule has 0 bridgehead atoms. The lowest BCUT2D eigenvalue weighted by atomic mass is 10.3. The molecule has 0 aliphatic carbocycles. The van der Waals surface area contributed by atoms with E-state index in [4.69, 9.17) is 4.74 Å². The summed E-state index contributed by atoms with van der Waals surface area (Å²) in [6.45, 7) is 5.39. The fourth-order valence-corrected chi connectivity index (χ4v) is 2.56. The van der Waals surface area contributed by atoms with Crippen LogP contribution in [-0.2, 0) is 4.79 Å². The Labute approximate surface area is 128 Å². The number of hydrogen-bond acceptors (Lipinski definition) is 3. The molecule has 1 amide bonds. The minimum absolute atomic E-state index is 0.0724. The van der Waals surface area contributed by atoms with Crippen LogP contribution in [0.15, 0.2) is 28.7 Å². The average molecular weight is 341 g/mol. The molecular formula is C15H21BrN2O2. The lowest BCUT2D eigenvalue weighted by Gasteiger charge is -2.24. The van der Waals surface area contributed by atoms with Crippen LogP contribution in [0.1, 0.15) is 13.3 Å². The minimum atomic E-state index is -0.445. The number of benzene rings is 1. The summed E-state index contributed by atoms with van der Waals surface area (Å²) >= 11 is 3.38. The summed E-state index contributed by atoms with van der Waals surface area (Å²) in [5.74, 6) is 0.796. The smallest absolute Gasteiger partial charge is 0.263 e. The second kappa shape index (κ2) is 7.09. The van der Waals surface area contributed by atoms with E-state index in [1.165, 1.54) is 0 Å². The van der Waals surface area contributed by atoms with E-state index < -0.39 is 6.10 Å². The van der Waals surface area contributed by atoms with Gasteiger partial charge in [-0.15, -0.1) is 0 Å². The van der Waals surface area contributed by atoms with Gasteiger partial charge in [0.1, 0.15) is 5.75 Å².